The molecule has 0 bridgehead atoms. The number of hydrogen-bond donors (Lipinski definition) is 1. The minimum atomic E-state index is -0.250. The third kappa shape index (κ3) is 3.62. The monoisotopic (exact) mass is 207 g/mol. The van der Waals surface area contributed by atoms with Gasteiger partial charge in [-0.3, -0.25) is 0 Å². The Morgan fingerprint density at radius 1 is 1.27 bits per heavy atom. The largest absolute Gasteiger partial charge is 0.462 e. The molecule has 0 aliphatic rings. The van der Waals surface area contributed by atoms with E-state index in [4.69, 9.17) is 4.74 Å². The maximum Gasteiger partial charge on any atom is 0.338 e. The first-order valence-corrected chi connectivity index (χ1v) is 5.29. The minimum Gasteiger partial charge on any atom is -0.462 e. The van der Waals surface area contributed by atoms with Gasteiger partial charge in [-0.2, -0.15) is 0 Å². The second-order valence-corrected chi connectivity index (χ2v) is 3.24. The molecule has 1 aromatic carbocycles. The fourth-order valence-electron chi connectivity index (χ4n) is 1.21. The highest BCUT2D eigenvalue weighted by Gasteiger charge is 2.05. The standard InChI is InChI=1S/C12H17NO2/c1-3-9-15-12(14)10-5-7-11(8-6-10)13-4-2/h5-8,13H,3-4,9H2,1-2H3. The Morgan fingerprint density at radius 3 is 2.47 bits per heavy atom. The highest BCUT2D eigenvalue weighted by atomic mass is 16.5. The maximum atomic E-state index is 11.4. The van der Waals surface area contributed by atoms with Gasteiger partial charge in [0.25, 0.3) is 0 Å². The SMILES string of the molecule is CCCOC(=O)c1ccc(NCC)cc1. The predicted octanol–water partition coefficient (Wildman–Crippen LogP) is 2.69. The number of esters is 1. The predicted molar refractivity (Wildman–Crippen MR) is 61.2 cm³/mol. The lowest BCUT2D eigenvalue weighted by molar-refractivity contribution is 0.0505. The zero-order chi connectivity index (χ0) is 11.1. The molecule has 15 heavy (non-hydrogen) atoms. The van der Waals surface area contributed by atoms with E-state index in [-0.39, 0.29) is 5.97 Å². The second kappa shape index (κ2) is 6.06. The molecule has 0 atom stereocenters. The van der Waals surface area contributed by atoms with E-state index in [0.717, 1.165) is 18.7 Å². The summed E-state index contributed by atoms with van der Waals surface area (Å²) in [6.45, 7) is 5.36. The molecule has 0 saturated heterocycles. The van der Waals surface area contributed by atoms with Gasteiger partial charge in [-0.05, 0) is 37.6 Å². The van der Waals surface area contributed by atoms with E-state index in [0.29, 0.717) is 12.2 Å². The summed E-state index contributed by atoms with van der Waals surface area (Å²) in [6, 6.07) is 7.31. The van der Waals surface area contributed by atoms with Gasteiger partial charge in [0, 0.05) is 12.2 Å². The van der Waals surface area contributed by atoms with Crippen LogP contribution in [0.5, 0.6) is 0 Å². The molecule has 1 N–H and O–H groups in total. The first-order chi connectivity index (χ1) is 7.27. The molecule has 0 amide bonds. The van der Waals surface area contributed by atoms with Crippen LogP contribution in [0.4, 0.5) is 5.69 Å². The highest BCUT2D eigenvalue weighted by Crippen LogP contribution is 2.10. The van der Waals surface area contributed by atoms with Gasteiger partial charge in [-0.25, -0.2) is 4.79 Å². The number of rotatable bonds is 5. The van der Waals surface area contributed by atoms with Crippen molar-refractivity contribution in [3.8, 4) is 0 Å². The number of carbonyl (C=O) groups excluding carboxylic acids is 1. The van der Waals surface area contributed by atoms with Gasteiger partial charge in [0.1, 0.15) is 0 Å². The average Bonchev–Trinajstić information content (AvgIpc) is 2.27. The molecule has 3 nitrogen and oxygen atoms in total. The summed E-state index contributed by atoms with van der Waals surface area (Å²) >= 11 is 0. The van der Waals surface area contributed by atoms with Crippen LogP contribution < -0.4 is 5.32 Å². The summed E-state index contributed by atoms with van der Waals surface area (Å²) in [5.74, 6) is -0.250. The molecule has 82 valence electrons. The fraction of sp³-hybridized carbons (Fsp3) is 0.417. The molecule has 1 rings (SSSR count). The van der Waals surface area contributed by atoms with Crippen LogP contribution in [0.15, 0.2) is 24.3 Å². The summed E-state index contributed by atoms with van der Waals surface area (Å²) < 4.78 is 5.02. The van der Waals surface area contributed by atoms with Gasteiger partial charge >= 0.3 is 5.97 Å². The van der Waals surface area contributed by atoms with Gasteiger partial charge in [-0.15, -0.1) is 0 Å². The van der Waals surface area contributed by atoms with Crippen LogP contribution in [0, 0.1) is 0 Å². The Hall–Kier alpha value is -1.51. The molecule has 0 heterocycles. The van der Waals surface area contributed by atoms with E-state index in [1.165, 1.54) is 0 Å². The number of nitrogens with one attached hydrogen (secondary N) is 1. The summed E-state index contributed by atoms with van der Waals surface area (Å²) in [6.07, 6.45) is 0.848. The molecule has 0 spiro atoms. The lowest BCUT2D eigenvalue weighted by atomic mass is 10.2. The molecule has 0 unspecified atom stereocenters. The highest BCUT2D eigenvalue weighted by molar-refractivity contribution is 5.89. The Kier molecular flexibility index (Phi) is 4.68. The lowest BCUT2D eigenvalue weighted by Gasteiger charge is -2.05. The van der Waals surface area contributed by atoms with Crippen LogP contribution in [-0.2, 0) is 4.74 Å². The van der Waals surface area contributed by atoms with Crippen molar-refractivity contribution < 1.29 is 9.53 Å². The van der Waals surface area contributed by atoms with E-state index >= 15 is 0 Å². The topological polar surface area (TPSA) is 38.3 Å². The summed E-state index contributed by atoms with van der Waals surface area (Å²) in [7, 11) is 0. The van der Waals surface area contributed by atoms with Gasteiger partial charge in [-0.1, -0.05) is 6.92 Å². The van der Waals surface area contributed by atoms with Crippen molar-refractivity contribution in [1.29, 1.82) is 0 Å². The number of carbonyl (C=O) groups is 1. The zero-order valence-electron chi connectivity index (χ0n) is 9.25. The van der Waals surface area contributed by atoms with Crippen LogP contribution in [0.1, 0.15) is 30.6 Å². The molecule has 1 aromatic rings. The van der Waals surface area contributed by atoms with Crippen molar-refractivity contribution in [2.24, 2.45) is 0 Å². The molecular weight excluding hydrogens is 190 g/mol. The first-order valence-electron chi connectivity index (χ1n) is 5.29. The van der Waals surface area contributed by atoms with Crippen LogP contribution in [0.2, 0.25) is 0 Å². The van der Waals surface area contributed by atoms with Gasteiger partial charge < -0.3 is 10.1 Å². The van der Waals surface area contributed by atoms with Crippen molar-refractivity contribution in [2.45, 2.75) is 20.3 Å². The molecule has 0 aliphatic carbocycles. The molecule has 0 saturated carbocycles. The van der Waals surface area contributed by atoms with Crippen molar-refractivity contribution in [3.05, 3.63) is 29.8 Å². The average molecular weight is 207 g/mol. The Labute approximate surface area is 90.4 Å². The van der Waals surface area contributed by atoms with Crippen LogP contribution in [0.25, 0.3) is 0 Å². The quantitative estimate of drug-likeness (QED) is 0.754. The molecule has 0 fully saturated rings. The normalized spacial score (nSPS) is 9.73. The first kappa shape index (κ1) is 11.6. The third-order valence-electron chi connectivity index (χ3n) is 1.94. The number of anilines is 1. The van der Waals surface area contributed by atoms with E-state index in [9.17, 15) is 4.79 Å². The van der Waals surface area contributed by atoms with E-state index < -0.39 is 0 Å². The Bertz CT molecular complexity index is 306. The van der Waals surface area contributed by atoms with E-state index in [2.05, 4.69) is 5.32 Å². The maximum absolute atomic E-state index is 11.4. The molecule has 0 radical (unpaired) electrons. The lowest BCUT2D eigenvalue weighted by Crippen LogP contribution is -2.06. The Morgan fingerprint density at radius 2 is 1.93 bits per heavy atom. The van der Waals surface area contributed by atoms with Gasteiger partial charge in [0.2, 0.25) is 0 Å². The zero-order valence-corrected chi connectivity index (χ0v) is 9.25. The minimum absolute atomic E-state index is 0.250. The fourth-order valence-corrected chi connectivity index (χ4v) is 1.21. The number of hydrogen-bond acceptors (Lipinski definition) is 3. The number of ether oxygens (including phenoxy) is 1. The van der Waals surface area contributed by atoms with Crippen LogP contribution in [0.3, 0.4) is 0 Å². The van der Waals surface area contributed by atoms with Crippen molar-refractivity contribution in [1.82, 2.24) is 0 Å². The van der Waals surface area contributed by atoms with Gasteiger partial charge in [0.05, 0.1) is 12.2 Å². The Balaban J connectivity index is 2.58. The number of benzene rings is 1. The summed E-state index contributed by atoms with van der Waals surface area (Å²) in [4.78, 5) is 11.4. The molecular formula is C12H17NO2. The van der Waals surface area contributed by atoms with Crippen LogP contribution >= 0.6 is 0 Å². The molecule has 3 heteroatoms. The second-order valence-electron chi connectivity index (χ2n) is 3.24. The van der Waals surface area contributed by atoms with Gasteiger partial charge in [0.15, 0.2) is 0 Å². The summed E-state index contributed by atoms with van der Waals surface area (Å²) in [5.41, 5.74) is 1.62. The molecule has 0 aromatic heterocycles. The van der Waals surface area contributed by atoms with Crippen LogP contribution in [-0.4, -0.2) is 19.1 Å². The van der Waals surface area contributed by atoms with E-state index in [1.54, 1.807) is 12.1 Å². The molecule has 0 aliphatic heterocycles. The van der Waals surface area contributed by atoms with Crippen molar-refractivity contribution in [2.75, 3.05) is 18.5 Å². The van der Waals surface area contributed by atoms with Crippen molar-refractivity contribution >= 4 is 11.7 Å². The smallest absolute Gasteiger partial charge is 0.338 e. The van der Waals surface area contributed by atoms with Crippen molar-refractivity contribution in [3.63, 3.8) is 0 Å². The van der Waals surface area contributed by atoms with E-state index in [1.807, 2.05) is 26.0 Å². The third-order valence-corrected chi connectivity index (χ3v) is 1.94. The summed E-state index contributed by atoms with van der Waals surface area (Å²) in [5, 5.41) is 3.16.